The molecule has 2 aromatic carbocycles. The lowest BCUT2D eigenvalue weighted by Crippen LogP contribution is -2.22. The second kappa shape index (κ2) is 7.24. The molecule has 0 fully saturated rings. The van der Waals surface area contributed by atoms with Gasteiger partial charge in [-0.2, -0.15) is 0 Å². The third-order valence-corrected chi connectivity index (χ3v) is 6.72. The van der Waals surface area contributed by atoms with Crippen LogP contribution in [0.1, 0.15) is 36.4 Å². The van der Waals surface area contributed by atoms with Gasteiger partial charge in [-0.1, -0.05) is 60.2 Å². The largest absolute Gasteiger partial charge is 0.345 e. The molecule has 0 saturated heterocycles. The number of nitrogens with one attached hydrogen (secondary N) is 2. The van der Waals surface area contributed by atoms with Crippen molar-refractivity contribution in [3.8, 4) is 0 Å². The minimum absolute atomic E-state index is 0.225. The Balaban J connectivity index is 1.66. The number of carbonyl (C=O) groups excluding carboxylic acids is 2. The molecule has 6 rings (SSSR count). The highest BCUT2D eigenvalue weighted by molar-refractivity contribution is 6.52. The number of aromatic amines is 1. The predicted molar refractivity (Wildman–Crippen MR) is 127 cm³/mol. The molecule has 0 saturated carbocycles. The van der Waals surface area contributed by atoms with Crippen molar-refractivity contribution >= 4 is 56.4 Å². The third-order valence-electron chi connectivity index (χ3n) is 6.44. The van der Waals surface area contributed by atoms with Gasteiger partial charge in [-0.3, -0.25) is 14.9 Å². The highest BCUT2D eigenvalue weighted by Crippen LogP contribution is 2.42. The first-order valence-corrected chi connectivity index (χ1v) is 11.1. The van der Waals surface area contributed by atoms with Crippen molar-refractivity contribution < 1.29 is 9.59 Å². The molecular weight excluding hydrogens is 422 g/mol. The normalized spacial score (nSPS) is 18.8. The second-order valence-electron chi connectivity index (χ2n) is 8.29. The molecule has 32 heavy (non-hydrogen) atoms. The molecule has 1 atom stereocenters. The van der Waals surface area contributed by atoms with Crippen LogP contribution in [0.15, 0.2) is 66.9 Å². The van der Waals surface area contributed by atoms with Crippen LogP contribution in [0, 0.1) is 0 Å². The first kappa shape index (κ1) is 19.1. The molecule has 2 amide bonds. The number of aromatic nitrogens is 2. The molecule has 2 N–H and O–H groups in total. The Morgan fingerprint density at radius 3 is 2.50 bits per heavy atom. The first-order chi connectivity index (χ1) is 15.6. The number of nitrogens with zero attached hydrogens (tertiary/aromatic N) is 1. The molecule has 0 radical (unpaired) electrons. The summed E-state index contributed by atoms with van der Waals surface area (Å²) in [5, 5.41) is 4.61. The van der Waals surface area contributed by atoms with Crippen LogP contribution in [-0.4, -0.2) is 21.4 Å². The maximum atomic E-state index is 13.1. The van der Waals surface area contributed by atoms with Crippen LogP contribution in [0.2, 0.25) is 5.15 Å². The number of amides is 2. The van der Waals surface area contributed by atoms with E-state index in [2.05, 4.69) is 33.1 Å². The Morgan fingerprint density at radius 1 is 0.938 bits per heavy atom. The standard InChI is InChI=1S/C26H20ClN3O2/c27-24-21(17-11-4-6-12-19(17)28-24)23-22(25(31)29-26(23)32)18-14-30(15-8-2-1-3-9-15)20-13-7-5-10-16(18)20/h2,4-8,10-15,28H,1,3,9H2,(H,29,31,32). The van der Waals surface area contributed by atoms with Gasteiger partial charge in [-0.25, -0.2) is 0 Å². The number of imide groups is 1. The summed E-state index contributed by atoms with van der Waals surface area (Å²) in [6.45, 7) is 0. The summed E-state index contributed by atoms with van der Waals surface area (Å²) in [6, 6.07) is 15.9. The van der Waals surface area contributed by atoms with Crippen LogP contribution in [0.25, 0.3) is 33.0 Å². The first-order valence-electron chi connectivity index (χ1n) is 10.8. The maximum absolute atomic E-state index is 13.1. The number of halogens is 1. The smallest absolute Gasteiger partial charge is 0.259 e. The van der Waals surface area contributed by atoms with E-state index < -0.39 is 11.8 Å². The lowest BCUT2D eigenvalue weighted by atomic mass is 9.95. The minimum Gasteiger partial charge on any atom is -0.345 e. The summed E-state index contributed by atoms with van der Waals surface area (Å²) < 4.78 is 2.22. The molecule has 3 heterocycles. The molecule has 4 aromatic rings. The zero-order valence-corrected chi connectivity index (χ0v) is 17.9. The second-order valence-corrected chi connectivity index (χ2v) is 8.66. The number of benzene rings is 2. The number of rotatable bonds is 3. The van der Waals surface area contributed by atoms with Crippen LogP contribution in [0.3, 0.4) is 0 Å². The lowest BCUT2D eigenvalue weighted by Gasteiger charge is -2.19. The summed E-state index contributed by atoms with van der Waals surface area (Å²) >= 11 is 6.56. The van der Waals surface area contributed by atoms with E-state index >= 15 is 0 Å². The number of fused-ring (bicyclic) bond motifs is 2. The topological polar surface area (TPSA) is 66.9 Å². The minimum atomic E-state index is -0.425. The van der Waals surface area contributed by atoms with Crippen molar-refractivity contribution in [3.05, 3.63) is 83.2 Å². The van der Waals surface area contributed by atoms with Crippen molar-refractivity contribution in [1.82, 2.24) is 14.9 Å². The average molecular weight is 442 g/mol. The fourth-order valence-corrected chi connectivity index (χ4v) is 5.31. The van der Waals surface area contributed by atoms with Crippen molar-refractivity contribution in [1.29, 1.82) is 0 Å². The zero-order valence-electron chi connectivity index (χ0n) is 17.2. The summed E-state index contributed by atoms with van der Waals surface area (Å²) in [4.78, 5) is 29.3. The Morgan fingerprint density at radius 2 is 1.69 bits per heavy atom. The number of hydrogen-bond acceptors (Lipinski definition) is 2. The number of hydrogen-bond donors (Lipinski definition) is 2. The van der Waals surface area contributed by atoms with Gasteiger partial charge < -0.3 is 9.55 Å². The highest BCUT2D eigenvalue weighted by atomic mass is 35.5. The van der Waals surface area contributed by atoms with Crippen molar-refractivity contribution in [2.75, 3.05) is 0 Å². The van der Waals surface area contributed by atoms with Gasteiger partial charge in [0.15, 0.2) is 0 Å². The van der Waals surface area contributed by atoms with E-state index in [9.17, 15) is 9.59 Å². The monoisotopic (exact) mass is 441 g/mol. The average Bonchev–Trinajstić information content (AvgIpc) is 3.44. The SMILES string of the molecule is O=C1NC(=O)C(c2cn(C3C=CCCC3)c3ccccc23)=C1c1c(Cl)[nH]c2ccccc12. The molecule has 2 aliphatic rings. The van der Waals surface area contributed by atoms with Gasteiger partial charge in [0.25, 0.3) is 11.8 Å². The molecule has 2 aromatic heterocycles. The Kier molecular flexibility index (Phi) is 4.33. The van der Waals surface area contributed by atoms with E-state index in [4.69, 9.17) is 11.6 Å². The molecule has 1 aliphatic heterocycles. The van der Waals surface area contributed by atoms with E-state index in [0.29, 0.717) is 21.9 Å². The van der Waals surface area contributed by atoms with Gasteiger partial charge >= 0.3 is 0 Å². The number of para-hydroxylation sites is 2. The lowest BCUT2D eigenvalue weighted by molar-refractivity contribution is -0.122. The van der Waals surface area contributed by atoms with E-state index in [0.717, 1.165) is 46.6 Å². The molecule has 1 aliphatic carbocycles. The Bertz CT molecular complexity index is 1490. The van der Waals surface area contributed by atoms with Crippen LogP contribution < -0.4 is 5.32 Å². The molecule has 5 nitrogen and oxygen atoms in total. The van der Waals surface area contributed by atoms with Crippen LogP contribution in [0.5, 0.6) is 0 Å². The van der Waals surface area contributed by atoms with Crippen LogP contribution >= 0.6 is 11.6 Å². The number of carbonyl (C=O) groups is 2. The van der Waals surface area contributed by atoms with E-state index in [1.807, 2.05) is 48.7 Å². The molecule has 6 heteroatoms. The number of allylic oxidation sites excluding steroid dienone is 2. The summed E-state index contributed by atoms with van der Waals surface area (Å²) in [6.07, 6.45) is 9.71. The molecular formula is C26H20ClN3O2. The quantitative estimate of drug-likeness (QED) is 0.320. The predicted octanol–water partition coefficient (Wildman–Crippen LogP) is 5.62. The molecule has 0 spiro atoms. The summed E-state index contributed by atoms with van der Waals surface area (Å²) in [5.41, 5.74) is 3.87. The zero-order chi connectivity index (χ0) is 21.8. The van der Waals surface area contributed by atoms with E-state index in [1.165, 1.54) is 0 Å². The maximum Gasteiger partial charge on any atom is 0.259 e. The van der Waals surface area contributed by atoms with E-state index in [-0.39, 0.29) is 6.04 Å². The van der Waals surface area contributed by atoms with Gasteiger partial charge in [-0.15, -0.1) is 0 Å². The van der Waals surface area contributed by atoms with Gasteiger partial charge in [0.2, 0.25) is 0 Å². The number of H-pyrrole nitrogens is 1. The van der Waals surface area contributed by atoms with Crippen LogP contribution in [-0.2, 0) is 9.59 Å². The van der Waals surface area contributed by atoms with E-state index in [1.54, 1.807) is 0 Å². The van der Waals surface area contributed by atoms with Crippen molar-refractivity contribution in [2.24, 2.45) is 0 Å². The third kappa shape index (κ3) is 2.78. The highest BCUT2D eigenvalue weighted by Gasteiger charge is 2.36. The molecule has 0 bridgehead atoms. The van der Waals surface area contributed by atoms with Gasteiger partial charge in [0, 0.05) is 39.1 Å². The van der Waals surface area contributed by atoms with Crippen molar-refractivity contribution in [3.63, 3.8) is 0 Å². The van der Waals surface area contributed by atoms with Gasteiger partial charge in [-0.05, 0) is 31.4 Å². The van der Waals surface area contributed by atoms with Crippen molar-refractivity contribution in [2.45, 2.75) is 25.3 Å². The fourth-order valence-electron chi connectivity index (χ4n) is 5.01. The molecule has 158 valence electrons. The van der Waals surface area contributed by atoms with Gasteiger partial charge in [0.1, 0.15) is 5.15 Å². The summed E-state index contributed by atoms with van der Waals surface area (Å²) in [7, 11) is 0. The Hall–Kier alpha value is -3.57. The summed E-state index contributed by atoms with van der Waals surface area (Å²) in [5.74, 6) is -0.820. The Labute approximate surface area is 189 Å². The van der Waals surface area contributed by atoms with Crippen LogP contribution in [0.4, 0.5) is 0 Å². The van der Waals surface area contributed by atoms with Gasteiger partial charge in [0.05, 0.1) is 17.2 Å². The molecule has 1 unspecified atom stereocenters. The fraction of sp³-hybridized carbons (Fsp3) is 0.154.